The monoisotopic (exact) mass is 318 g/mol. The van der Waals surface area contributed by atoms with Crippen LogP contribution in [0, 0.1) is 0 Å². The summed E-state index contributed by atoms with van der Waals surface area (Å²) in [5, 5.41) is 13.2. The van der Waals surface area contributed by atoms with E-state index in [0.29, 0.717) is 28.8 Å². The van der Waals surface area contributed by atoms with Gasteiger partial charge in [-0.2, -0.15) is 0 Å². The molecule has 0 aliphatic rings. The van der Waals surface area contributed by atoms with E-state index in [1.807, 2.05) is 11.8 Å². The van der Waals surface area contributed by atoms with Crippen molar-refractivity contribution in [3.8, 4) is 0 Å². The molecular formula is C14H20Cl2N2O2. The molecule has 0 spiro atoms. The van der Waals surface area contributed by atoms with Crippen LogP contribution < -0.4 is 5.32 Å². The van der Waals surface area contributed by atoms with Gasteiger partial charge in [0.2, 0.25) is 5.91 Å². The number of benzene rings is 1. The summed E-state index contributed by atoms with van der Waals surface area (Å²) in [6.45, 7) is 6.62. The van der Waals surface area contributed by atoms with Gasteiger partial charge in [-0.05, 0) is 32.5 Å². The third-order valence-corrected chi connectivity index (χ3v) is 3.47. The maximum absolute atomic E-state index is 12.0. The number of rotatable bonds is 6. The van der Waals surface area contributed by atoms with Crippen molar-refractivity contribution >= 4 is 34.8 Å². The average molecular weight is 319 g/mol. The van der Waals surface area contributed by atoms with Crippen molar-refractivity contribution in [1.82, 2.24) is 4.90 Å². The maximum Gasteiger partial charge on any atom is 0.238 e. The van der Waals surface area contributed by atoms with Gasteiger partial charge in [0.15, 0.2) is 0 Å². The number of halogens is 2. The zero-order valence-corrected chi connectivity index (χ0v) is 13.4. The Labute approximate surface area is 129 Å². The second-order valence-corrected chi connectivity index (χ2v) is 6.05. The number of hydrogen-bond donors (Lipinski definition) is 2. The molecule has 0 atom stereocenters. The average Bonchev–Trinajstić information content (AvgIpc) is 2.32. The van der Waals surface area contributed by atoms with Gasteiger partial charge in [0.05, 0.1) is 27.9 Å². The largest absolute Gasteiger partial charge is 0.389 e. The summed E-state index contributed by atoms with van der Waals surface area (Å²) in [4.78, 5) is 13.8. The lowest BCUT2D eigenvalue weighted by Gasteiger charge is -2.27. The Hall–Kier alpha value is -0.810. The minimum Gasteiger partial charge on any atom is -0.389 e. The number of anilines is 1. The molecule has 0 aromatic heterocycles. The fraction of sp³-hybridized carbons (Fsp3) is 0.500. The molecule has 4 nitrogen and oxygen atoms in total. The Balaban J connectivity index is 2.65. The third-order valence-electron chi connectivity index (χ3n) is 2.65. The van der Waals surface area contributed by atoms with Gasteiger partial charge in [0, 0.05) is 6.54 Å². The molecular weight excluding hydrogens is 299 g/mol. The lowest BCUT2D eigenvalue weighted by molar-refractivity contribution is -0.117. The fourth-order valence-corrected chi connectivity index (χ4v) is 2.17. The highest BCUT2D eigenvalue weighted by atomic mass is 35.5. The molecule has 0 bridgehead atoms. The SMILES string of the molecule is CCN(CC(=O)Nc1cccc(Cl)c1Cl)CC(C)(C)O. The van der Waals surface area contributed by atoms with Crippen molar-refractivity contribution in [1.29, 1.82) is 0 Å². The van der Waals surface area contributed by atoms with Crippen LogP contribution in [0.3, 0.4) is 0 Å². The molecule has 0 radical (unpaired) electrons. The highest BCUT2D eigenvalue weighted by molar-refractivity contribution is 6.43. The molecule has 0 aliphatic carbocycles. The van der Waals surface area contributed by atoms with Gasteiger partial charge in [-0.1, -0.05) is 36.2 Å². The first-order valence-corrected chi connectivity index (χ1v) is 7.17. The second kappa shape index (κ2) is 7.27. The zero-order valence-electron chi connectivity index (χ0n) is 11.9. The Morgan fingerprint density at radius 1 is 1.40 bits per heavy atom. The minimum atomic E-state index is -0.843. The number of nitrogens with one attached hydrogen (secondary N) is 1. The van der Waals surface area contributed by atoms with Crippen molar-refractivity contribution in [2.75, 3.05) is 25.0 Å². The van der Waals surface area contributed by atoms with Gasteiger partial charge in [0.1, 0.15) is 0 Å². The zero-order chi connectivity index (χ0) is 15.3. The standard InChI is InChI=1S/C14H20Cl2N2O2/c1-4-18(9-14(2,3)20)8-12(19)17-11-7-5-6-10(15)13(11)16/h5-7,20H,4,8-9H2,1-3H3,(H,17,19). The summed E-state index contributed by atoms with van der Waals surface area (Å²) in [5.74, 6) is -0.194. The molecule has 1 amide bonds. The summed E-state index contributed by atoms with van der Waals surface area (Å²) < 4.78 is 0. The highest BCUT2D eigenvalue weighted by Gasteiger charge is 2.19. The smallest absolute Gasteiger partial charge is 0.238 e. The van der Waals surface area contributed by atoms with E-state index in [1.54, 1.807) is 32.0 Å². The van der Waals surface area contributed by atoms with Gasteiger partial charge < -0.3 is 10.4 Å². The van der Waals surface area contributed by atoms with Crippen molar-refractivity contribution < 1.29 is 9.90 Å². The van der Waals surface area contributed by atoms with Gasteiger partial charge in [-0.15, -0.1) is 0 Å². The van der Waals surface area contributed by atoms with E-state index in [9.17, 15) is 9.90 Å². The normalized spacial score (nSPS) is 11.8. The lowest BCUT2D eigenvalue weighted by atomic mass is 10.1. The molecule has 20 heavy (non-hydrogen) atoms. The predicted octanol–water partition coefficient (Wildman–Crippen LogP) is 3.02. The van der Waals surface area contributed by atoms with Gasteiger partial charge in [-0.3, -0.25) is 9.69 Å². The van der Waals surface area contributed by atoms with Gasteiger partial charge in [-0.25, -0.2) is 0 Å². The maximum atomic E-state index is 12.0. The van der Waals surface area contributed by atoms with Crippen molar-refractivity contribution in [2.24, 2.45) is 0 Å². The number of nitrogens with zero attached hydrogens (tertiary/aromatic N) is 1. The molecule has 0 fully saturated rings. The summed E-state index contributed by atoms with van der Waals surface area (Å²) in [5.41, 5.74) is -0.354. The Bertz CT molecular complexity index is 473. The lowest BCUT2D eigenvalue weighted by Crippen LogP contribution is -2.42. The summed E-state index contributed by atoms with van der Waals surface area (Å²) in [6.07, 6.45) is 0. The number of aliphatic hydroxyl groups is 1. The Morgan fingerprint density at radius 2 is 2.05 bits per heavy atom. The van der Waals surface area contributed by atoms with E-state index in [-0.39, 0.29) is 12.5 Å². The van der Waals surface area contributed by atoms with E-state index < -0.39 is 5.60 Å². The van der Waals surface area contributed by atoms with Crippen LogP contribution in [0.1, 0.15) is 20.8 Å². The molecule has 0 unspecified atom stereocenters. The van der Waals surface area contributed by atoms with E-state index in [0.717, 1.165) is 0 Å². The van der Waals surface area contributed by atoms with Crippen LogP contribution in [0.15, 0.2) is 18.2 Å². The number of carbonyl (C=O) groups is 1. The van der Waals surface area contributed by atoms with Crippen molar-refractivity contribution in [3.05, 3.63) is 28.2 Å². The van der Waals surface area contributed by atoms with Gasteiger partial charge in [0.25, 0.3) is 0 Å². The van der Waals surface area contributed by atoms with E-state index >= 15 is 0 Å². The van der Waals surface area contributed by atoms with Crippen LogP contribution >= 0.6 is 23.2 Å². The fourth-order valence-electron chi connectivity index (χ4n) is 1.82. The molecule has 0 saturated carbocycles. The van der Waals surface area contributed by atoms with Gasteiger partial charge >= 0.3 is 0 Å². The highest BCUT2D eigenvalue weighted by Crippen LogP contribution is 2.29. The number of amides is 1. The molecule has 1 aromatic rings. The van der Waals surface area contributed by atoms with Crippen LogP contribution in [-0.4, -0.2) is 41.1 Å². The van der Waals surface area contributed by atoms with E-state index in [4.69, 9.17) is 23.2 Å². The molecule has 112 valence electrons. The Kier molecular flexibility index (Phi) is 6.27. The number of carbonyl (C=O) groups excluding carboxylic acids is 1. The topological polar surface area (TPSA) is 52.6 Å². The molecule has 1 aromatic carbocycles. The van der Waals surface area contributed by atoms with Crippen LogP contribution in [0.4, 0.5) is 5.69 Å². The van der Waals surface area contributed by atoms with Crippen LogP contribution in [-0.2, 0) is 4.79 Å². The van der Waals surface area contributed by atoms with E-state index in [2.05, 4.69) is 5.32 Å². The number of hydrogen-bond acceptors (Lipinski definition) is 3. The minimum absolute atomic E-state index is 0.184. The first-order chi connectivity index (χ1) is 9.23. The summed E-state index contributed by atoms with van der Waals surface area (Å²) >= 11 is 11.9. The Morgan fingerprint density at radius 3 is 2.60 bits per heavy atom. The molecule has 0 saturated heterocycles. The molecule has 6 heteroatoms. The molecule has 0 aliphatic heterocycles. The third kappa shape index (κ3) is 5.67. The molecule has 1 rings (SSSR count). The quantitative estimate of drug-likeness (QED) is 0.847. The van der Waals surface area contributed by atoms with Crippen molar-refractivity contribution in [2.45, 2.75) is 26.4 Å². The van der Waals surface area contributed by atoms with Crippen molar-refractivity contribution in [3.63, 3.8) is 0 Å². The first kappa shape index (κ1) is 17.2. The van der Waals surface area contributed by atoms with Crippen LogP contribution in [0.2, 0.25) is 10.0 Å². The predicted molar refractivity (Wildman–Crippen MR) is 83.5 cm³/mol. The number of likely N-dealkylation sites (N-methyl/N-ethyl adjacent to an activating group) is 1. The molecule has 2 N–H and O–H groups in total. The van der Waals surface area contributed by atoms with E-state index in [1.165, 1.54) is 0 Å². The summed E-state index contributed by atoms with van der Waals surface area (Å²) in [6, 6.07) is 5.07. The van der Waals surface area contributed by atoms with Crippen LogP contribution in [0.25, 0.3) is 0 Å². The molecule has 0 heterocycles. The second-order valence-electron chi connectivity index (χ2n) is 5.27. The van der Waals surface area contributed by atoms with Crippen LogP contribution in [0.5, 0.6) is 0 Å². The summed E-state index contributed by atoms with van der Waals surface area (Å²) in [7, 11) is 0. The first-order valence-electron chi connectivity index (χ1n) is 6.41.